The van der Waals surface area contributed by atoms with Crippen LogP contribution in [0.1, 0.15) is 19.3 Å². The van der Waals surface area contributed by atoms with Gasteiger partial charge < -0.3 is 5.32 Å². The molecule has 0 aliphatic rings. The summed E-state index contributed by atoms with van der Waals surface area (Å²) in [5, 5.41) is 3.35. The number of hydrogen-bond donors (Lipinski definition) is 1. The van der Waals surface area contributed by atoms with Crippen molar-refractivity contribution in [2.75, 3.05) is 11.2 Å². The van der Waals surface area contributed by atoms with Gasteiger partial charge in [-0.3, -0.25) is 4.79 Å². The van der Waals surface area contributed by atoms with E-state index in [1.807, 2.05) is 18.2 Å². The molecule has 0 fully saturated rings. The summed E-state index contributed by atoms with van der Waals surface area (Å²) in [5.74, 6) is 0.575. The molecule has 5 heteroatoms. The number of rotatable bonds is 5. The summed E-state index contributed by atoms with van der Waals surface area (Å²) in [7, 11) is 0. The van der Waals surface area contributed by atoms with Gasteiger partial charge in [0.15, 0.2) is 0 Å². The SMILES string of the molecule is O=C(CCCCCl)Nc1ccc(I)cc1Cl. The second-order valence-electron chi connectivity index (χ2n) is 3.32. The molecule has 0 aliphatic carbocycles. The van der Waals surface area contributed by atoms with Gasteiger partial charge in [-0.05, 0) is 53.6 Å². The van der Waals surface area contributed by atoms with Gasteiger partial charge in [0.1, 0.15) is 0 Å². The highest BCUT2D eigenvalue weighted by Gasteiger charge is 2.05. The van der Waals surface area contributed by atoms with Crippen LogP contribution in [0.25, 0.3) is 0 Å². The van der Waals surface area contributed by atoms with Crippen LogP contribution in [0, 0.1) is 3.57 Å². The molecule has 0 atom stereocenters. The molecule has 0 unspecified atom stereocenters. The van der Waals surface area contributed by atoms with Crippen LogP contribution in [0.2, 0.25) is 5.02 Å². The second-order valence-corrected chi connectivity index (χ2v) is 5.35. The van der Waals surface area contributed by atoms with Gasteiger partial charge in [0, 0.05) is 15.9 Å². The van der Waals surface area contributed by atoms with Gasteiger partial charge in [0.2, 0.25) is 5.91 Å². The predicted octanol–water partition coefficient (Wildman–Crippen LogP) is 4.29. The summed E-state index contributed by atoms with van der Waals surface area (Å²) in [6.07, 6.45) is 2.14. The summed E-state index contributed by atoms with van der Waals surface area (Å²) in [4.78, 5) is 11.5. The van der Waals surface area contributed by atoms with E-state index in [2.05, 4.69) is 27.9 Å². The molecule has 88 valence electrons. The molecule has 16 heavy (non-hydrogen) atoms. The molecule has 0 bridgehead atoms. The molecule has 0 saturated heterocycles. The zero-order valence-electron chi connectivity index (χ0n) is 8.60. The van der Waals surface area contributed by atoms with Crippen LogP contribution in [-0.2, 0) is 4.79 Å². The minimum atomic E-state index is -0.0202. The molecule has 0 aromatic heterocycles. The van der Waals surface area contributed by atoms with E-state index < -0.39 is 0 Å². The van der Waals surface area contributed by atoms with Crippen molar-refractivity contribution in [2.24, 2.45) is 0 Å². The van der Waals surface area contributed by atoms with Crippen LogP contribution in [0.3, 0.4) is 0 Å². The third-order valence-electron chi connectivity index (χ3n) is 1.99. The van der Waals surface area contributed by atoms with Gasteiger partial charge >= 0.3 is 0 Å². The van der Waals surface area contributed by atoms with Crippen LogP contribution in [0.15, 0.2) is 18.2 Å². The maximum atomic E-state index is 11.5. The number of alkyl halides is 1. The lowest BCUT2D eigenvalue weighted by molar-refractivity contribution is -0.116. The Hall–Kier alpha value is -0.0000000000000000555. The highest BCUT2D eigenvalue weighted by atomic mass is 127. The maximum Gasteiger partial charge on any atom is 0.224 e. The Kier molecular flexibility index (Phi) is 6.46. The summed E-state index contributed by atoms with van der Waals surface area (Å²) in [6.45, 7) is 0. The Morgan fingerprint density at radius 2 is 2.12 bits per heavy atom. The number of halogens is 3. The molecular formula is C11H12Cl2INO. The molecule has 1 N–H and O–H groups in total. The Bertz CT molecular complexity index is 371. The molecule has 0 radical (unpaired) electrons. The summed E-state index contributed by atoms with van der Waals surface area (Å²) < 4.78 is 1.04. The van der Waals surface area contributed by atoms with Crippen LogP contribution >= 0.6 is 45.8 Å². The lowest BCUT2D eigenvalue weighted by Gasteiger charge is -2.07. The molecule has 2 nitrogen and oxygen atoms in total. The van der Waals surface area contributed by atoms with Crippen molar-refractivity contribution in [2.45, 2.75) is 19.3 Å². The minimum Gasteiger partial charge on any atom is -0.325 e. The molecule has 0 saturated carbocycles. The number of carbonyl (C=O) groups excluding carboxylic acids is 1. The van der Waals surface area contributed by atoms with Crippen molar-refractivity contribution in [3.05, 3.63) is 26.8 Å². The predicted molar refractivity (Wildman–Crippen MR) is 77.4 cm³/mol. The number of amides is 1. The van der Waals surface area contributed by atoms with Crippen LogP contribution in [0.5, 0.6) is 0 Å². The Morgan fingerprint density at radius 3 is 2.75 bits per heavy atom. The van der Waals surface area contributed by atoms with E-state index in [9.17, 15) is 4.79 Å². The molecule has 0 heterocycles. The van der Waals surface area contributed by atoms with Gasteiger partial charge in [-0.15, -0.1) is 11.6 Å². The van der Waals surface area contributed by atoms with Crippen LogP contribution in [-0.4, -0.2) is 11.8 Å². The highest BCUT2D eigenvalue weighted by molar-refractivity contribution is 14.1. The van der Waals surface area contributed by atoms with Gasteiger partial charge in [0.05, 0.1) is 10.7 Å². The average molecular weight is 372 g/mol. The topological polar surface area (TPSA) is 29.1 Å². The number of benzene rings is 1. The molecular weight excluding hydrogens is 360 g/mol. The molecule has 1 aromatic carbocycles. The van der Waals surface area contributed by atoms with Crippen molar-refractivity contribution in [1.82, 2.24) is 0 Å². The standard InChI is InChI=1S/C11H12Cl2INO/c12-6-2-1-3-11(16)15-10-5-4-8(14)7-9(10)13/h4-5,7H,1-3,6H2,(H,15,16). The average Bonchev–Trinajstić information content (AvgIpc) is 2.23. The van der Waals surface area contributed by atoms with Gasteiger partial charge in [-0.25, -0.2) is 0 Å². The first-order valence-corrected chi connectivity index (χ1v) is 6.93. The number of anilines is 1. The largest absolute Gasteiger partial charge is 0.325 e. The smallest absolute Gasteiger partial charge is 0.224 e. The van der Waals surface area contributed by atoms with E-state index in [1.165, 1.54) is 0 Å². The maximum absolute atomic E-state index is 11.5. The van der Waals surface area contributed by atoms with Crippen molar-refractivity contribution in [3.63, 3.8) is 0 Å². The first kappa shape index (κ1) is 14.1. The van der Waals surface area contributed by atoms with E-state index in [-0.39, 0.29) is 5.91 Å². The van der Waals surface area contributed by atoms with Gasteiger partial charge in [0.25, 0.3) is 0 Å². The summed E-state index contributed by atoms with van der Waals surface area (Å²) in [6, 6.07) is 5.53. The fraction of sp³-hybridized carbons (Fsp3) is 0.364. The van der Waals surface area contributed by atoms with Crippen molar-refractivity contribution < 1.29 is 4.79 Å². The van der Waals surface area contributed by atoms with Gasteiger partial charge in [-0.2, -0.15) is 0 Å². The highest BCUT2D eigenvalue weighted by Crippen LogP contribution is 2.24. The fourth-order valence-corrected chi connectivity index (χ4v) is 2.28. The Balaban J connectivity index is 2.49. The molecule has 1 amide bonds. The Morgan fingerprint density at radius 1 is 1.38 bits per heavy atom. The number of carbonyl (C=O) groups is 1. The molecule has 1 rings (SSSR count). The van der Waals surface area contributed by atoms with Crippen molar-refractivity contribution in [1.29, 1.82) is 0 Å². The number of unbranched alkanes of at least 4 members (excludes halogenated alkanes) is 1. The zero-order valence-corrected chi connectivity index (χ0v) is 12.3. The first-order valence-electron chi connectivity index (χ1n) is 4.94. The van der Waals surface area contributed by atoms with E-state index in [0.29, 0.717) is 23.0 Å². The Labute approximate surface area is 119 Å². The summed E-state index contributed by atoms with van der Waals surface area (Å²) in [5.41, 5.74) is 0.665. The lowest BCUT2D eigenvalue weighted by Crippen LogP contribution is -2.11. The third-order valence-corrected chi connectivity index (χ3v) is 3.24. The summed E-state index contributed by atoms with van der Waals surface area (Å²) >= 11 is 13.7. The van der Waals surface area contributed by atoms with E-state index in [1.54, 1.807) is 0 Å². The van der Waals surface area contributed by atoms with Gasteiger partial charge in [-0.1, -0.05) is 11.6 Å². The first-order chi connectivity index (χ1) is 7.63. The van der Waals surface area contributed by atoms with Crippen molar-refractivity contribution in [3.8, 4) is 0 Å². The van der Waals surface area contributed by atoms with E-state index in [4.69, 9.17) is 23.2 Å². The monoisotopic (exact) mass is 371 g/mol. The van der Waals surface area contributed by atoms with Crippen LogP contribution in [0.4, 0.5) is 5.69 Å². The van der Waals surface area contributed by atoms with E-state index in [0.717, 1.165) is 16.4 Å². The number of hydrogen-bond acceptors (Lipinski definition) is 1. The molecule has 0 aliphatic heterocycles. The van der Waals surface area contributed by atoms with Crippen LogP contribution < -0.4 is 5.32 Å². The lowest BCUT2D eigenvalue weighted by atomic mass is 10.2. The second kappa shape index (κ2) is 7.35. The minimum absolute atomic E-state index is 0.0202. The zero-order chi connectivity index (χ0) is 12.0. The normalized spacial score (nSPS) is 10.2. The fourth-order valence-electron chi connectivity index (χ4n) is 1.18. The van der Waals surface area contributed by atoms with Crippen molar-refractivity contribution >= 4 is 57.4 Å². The van der Waals surface area contributed by atoms with E-state index >= 15 is 0 Å². The molecule has 1 aromatic rings. The number of nitrogens with one attached hydrogen (secondary N) is 1. The quantitative estimate of drug-likeness (QED) is 0.467. The molecule has 0 spiro atoms. The third kappa shape index (κ3) is 4.89.